The van der Waals surface area contributed by atoms with Crippen LogP contribution in [0.4, 0.5) is 0 Å². The summed E-state index contributed by atoms with van der Waals surface area (Å²) in [6, 6.07) is 0. The fraction of sp³-hybridized carbons (Fsp3) is 0.882. The van der Waals surface area contributed by atoms with Crippen molar-refractivity contribution in [3.8, 4) is 0 Å². The molecule has 2 saturated carbocycles. The van der Waals surface area contributed by atoms with Gasteiger partial charge in [-0.1, -0.05) is 20.3 Å². The van der Waals surface area contributed by atoms with E-state index in [1.807, 2.05) is 20.8 Å². The second-order valence-corrected chi connectivity index (χ2v) is 7.28. The van der Waals surface area contributed by atoms with Crippen LogP contribution in [-0.4, -0.2) is 24.1 Å². The van der Waals surface area contributed by atoms with E-state index in [-0.39, 0.29) is 18.5 Å². The predicted molar refractivity (Wildman–Crippen MR) is 79.5 cm³/mol. The number of ether oxygens (including phenoxy) is 2. The van der Waals surface area contributed by atoms with Crippen LogP contribution in [0.2, 0.25) is 0 Å². The van der Waals surface area contributed by atoms with Crippen LogP contribution in [-0.2, 0) is 19.1 Å². The number of hydrogen-bond donors (Lipinski definition) is 0. The van der Waals surface area contributed by atoms with Crippen LogP contribution < -0.4 is 0 Å². The zero-order valence-corrected chi connectivity index (χ0v) is 13.7. The van der Waals surface area contributed by atoms with E-state index in [9.17, 15) is 9.59 Å². The molecule has 4 unspecified atom stereocenters. The Morgan fingerprint density at radius 2 is 1.95 bits per heavy atom. The van der Waals surface area contributed by atoms with Gasteiger partial charge in [0.15, 0.2) is 6.61 Å². The molecule has 2 fully saturated rings. The fourth-order valence-corrected chi connectivity index (χ4v) is 3.93. The van der Waals surface area contributed by atoms with Crippen LogP contribution >= 0.6 is 0 Å². The fourth-order valence-electron chi connectivity index (χ4n) is 3.93. The van der Waals surface area contributed by atoms with Gasteiger partial charge in [-0.15, -0.1) is 0 Å². The number of carbonyl (C=O) groups is 2. The summed E-state index contributed by atoms with van der Waals surface area (Å²) in [5.41, 5.74) is -0.459. The molecule has 120 valence electrons. The van der Waals surface area contributed by atoms with Crippen molar-refractivity contribution in [1.82, 2.24) is 0 Å². The number of hydrogen-bond acceptors (Lipinski definition) is 4. The van der Waals surface area contributed by atoms with Crippen LogP contribution in [0.3, 0.4) is 0 Å². The molecule has 2 aliphatic rings. The van der Waals surface area contributed by atoms with Gasteiger partial charge in [0, 0.05) is 5.92 Å². The summed E-state index contributed by atoms with van der Waals surface area (Å²) in [7, 11) is 0. The van der Waals surface area contributed by atoms with E-state index in [0.29, 0.717) is 18.3 Å². The van der Waals surface area contributed by atoms with Crippen LogP contribution in [0.1, 0.15) is 59.8 Å². The summed E-state index contributed by atoms with van der Waals surface area (Å²) in [6.07, 6.45) is 5.76. The molecule has 2 rings (SSSR count). The van der Waals surface area contributed by atoms with Crippen molar-refractivity contribution < 1.29 is 19.1 Å². The van der Waals surface area contributed by atoms with Gasteiger partial charge in [0.1, 0.15) is 5.60 Å². The highest BCUT2D eigenvalue weighted by Gasteiger charge is 2.48. The highest BCUT2D eigenvalue weighted by atomic mass is 16.6. The topological polar surface area (TPSA) is 52.6 Å². The number of carbonyl (C=O) groups excluding carboxylic acids is 2. The van der Waals surface area contributed by atoms with E-state index < -0.39 is 11.6 Å². The van der Waals surface area contributed by atoms with Crippen molar-refractivity contribution in [2.45, 2.75) is 65.4 Å². The van der Waals surface area contributed by atoms with E-state index in [1.165, 1.54) is 19.3 Å². The minimum Gasteiger partial charge on any atom is -0.457 e. The Morgan fingerprint density at radius 1 is 1.24 bits per heavy atom. The normalized spacial score (nSPS) is 29.2. The van der Waals surface area contributed by atoms with Gasteiger partial charge in [0.25, 0.3) is 0 Å². The van der Waals surface area contributed by atoms with E-state index in [0.717, 1.165) is 12.3 Å². The molecule has 0 aromatic rings. The molecule has 4 heteroatoms. The smallest absolute Gasteiger partial charge is 0.344 e. The maximum Gasteiger partial charge on any atom is 0.344 e. The Morgan fingerprint density at radius 3 is 2.48 bits per heavy atom. The maximum absolute atomic E-state index is 11.9. The summed E-state index contributed by atoms with van der Waals surface area (Å²) < 4.78 is 10.6. The standard InChI is InChI=1S/C17H28O4/c1-5-11(2)16(19)20-10-15(18)21-17(3,4)14-9-12-6-7-13(14)8-12/h11-14H,5-10H2,1-4H3. The van der Waals surface area contributed by atoms with Gasteiger partial charge in [-0.05, 0) is 51.4 Å². The van der Waals surface area contributed by atoms with Crippen LogP contribution in [0.5, 0.6) is 0 Å². The van der Waals surface area contributed by atoms with Gasteiger partial charge in [0.05, 0.1) is 5.92 Å². The third-order valence-corrected chi connectivity index (χ3v) is 5.35. The van der Waals surface area contributed by atoms with E-state index in [4.69, 9.17) is 9.47 Å². The van der Waals surface area contributed by atoms with Crippen LogP contribution in [0.25, 0.3) is 0 Å². The second-order valence-electron chi connectivity index (χ2n) is 7.28. The molecule has 4 nitrogen and oxygen atoms in total. The molecule has 0 N–H and O–H groups in total. The van der Waals surface area contributed by atoms with Crippen LogP contribution in [0.15, 0.2) is 0 Å². The molecule has 0 aromatic heterocycles. The van der Waals surface area contributed by atoms with E-state index in [1.54, 1.807) is 6.92 Å². The van der Waals surface area contributed by atoms with Crippen molar-refractivity contribution in [3.05, 3.63) is 0 Å². The zero-order valence-electron chi connectivity index (χ0n) is 13.7. The van der Waals surface area contributed by atoms with Crippen molar-refractivity contribution in [2.24, 2.45) is 23.7 Å². The highest BCUT2D eigenvalue weighted by Crippen LogP contribution is 2.52. The molecule has 0 radical (unpaired) electrons. The monoisotopic (exact) mass is 296 g/mol. The summed E-state index contributed by atoms with van der Waals surface area (Å²) in [6.45, 7) is 7.43. The molecule has 0 amide bonds. The molecule has 0 aromatic carbocycles. The third-order valence-electron chi connectivity index (χ3n) is 5.35. The molecule has 2 bridgehead atoms. The lowest BCUT2D eigenvalue weighted by atomic mass is 9.78. The van der Waals surface area contributed by atoms with E-state index in [2.05, 4.69) is 0 Å². The summed E-state index contributed by atoms with van der Waals surface area (Å²) >= 11 is 0. The van der Waals surface area contributed by atoms with Crippen LogP contribution in [0, 0.1) is 23.7 Å². The van der Waals surface area contributed by atoms with Gasteiger partial charge in [-0.2, -0.15) is 0 Å². The summed E-state index contributed by atoms with van der Waals surface area (Å²) in [4.78, 5) is 23.5. The van der Waals surface area contributed by atoms with Crippen molar-refractivity contribution in [2.75, 3.05) is 6.61 Å². The first kappa shape index (κ1) is 16.3. The number of fused-ring (bicyclic) bond motifs is 2. The Hall–Kier alpha value is -1.06. The Kier molecular flexibility index (Phi) is 4.95. The van der Waals surface area contributed by atoms with Gasteiger partial charge in [-0.3, -0.25) is 4.79 Å². The third kappa shape index (κ3) is 3.78. The van der Waals surface area contributed by atoms with Crippen molar-refractivity contribution in [3.63, 3.8) is 0 Å². The Bertz CT molecular complexity index is 402. The molecule has 2 aliphatic carbocycles. The molecule has 0 spiro atoms. The summed E-state index contributed by atoms with van der Waals surface area (Å²) in [5.74, 6) is 1.04. The first-order valence-electron chi connectivity index (χ1n) is 8.22. The minimum atomic E-state index is -0.459. The first-order valence-corrected chi connectivity index (χ1v) is 8.22. The van der Waals surface area contributed by atoms with Gasteiger partial charge in [0.2, 0.25) is 0 Å². The molecule has 0 heterocycles. The summed E-state index contributed by atoms with van der Waals surface area (Å²) in [5, 5.41) is 0. The lowest BCUT2D eigenvalue weighted by Gasteiger charge is -2.36. The second kappa shape index (κ2) is 6.37. The maximum atomic E-state index is 11.9. The molecular weight excluding hydrogens is 268 g/mol. The Balaban J connectivity index is 1.80. The van der Waals surface area contributed by atoms with Gasteiger partial charge < -0.3 is 9.47 Å². The molecule has 4 atom stereocenters. The largest absolute Gasteiger partial charge is 0.457 e. The number of rotatable bonds is 6. The average molecular weight is 296 g/mol. The first-order chi connectivity index (χ1) is 9.83. The quantitative estimate of drug-likeness (QED) is 0.705. The molecule has 21 heavy (non-hydrogen) atoms. The average Bonchev–Trinajstić information content (AvgIpc) is 3.06. The lowest BCUT2D eigenvalue weighted by Crippen LogP contribution is -2.40. The molecule has 0 aliphatic heterocycles. The zero-order chi connectivity index (χ0) is 15.6. The molecular formula is C17H28O4. The van der Waals surface area contributed by atoms with Gasteiger partial charge >= 0.3 is 11.9 Å². The molecule has 0 saturated heterocycles. The van der Waals surface area contributed by atoms with Crippen molar-refractivity contribution >= 4 is 11.9 Å². The van der Waals surface area contributed by atoms with Gasteiger partial charge in [-0.25, -0.2) is 4.79 Å². The van der Waals surface area contributed by atoms with Crippen molar-refractivity contribution in [1.29, 1.82) is 0 Å². The predicted octanol–water partition coefficient (Wildman–Crippen LogP) is 3.33. The lowest BCUT2D eigenvalue weighted by molar-refractivity contribution is -0.174. The Labute approximate surface area is 127 Å². The minimum absolute atomic E-state index is 0.170. The SMILES string of the molecule is CCC(C)C(=O)OCC(=O)OC(C)(C)C1CC2CCC1C2. The highest BCUT2D eigenvalue weighted by molar-refractivity contribution is 5.77. The van der Waals surface area contributed by atoms with E-state index >= 15 is 0 Å². The number of esters is 2.